The standard InChI is InChI=1S/C9H10O4/c10-5-6-1-2-8-7(12-6)3-4-9(11)13-8/h1-4,6-8,10H,5H2/t6-,7+,8+/m0/s1. The second kappa shape index (κ2) is 3.32. The lowest BCUT2D eigenvalue weighted by Crippen LogP contribution is -2.40. The van der Waals surface area contributed by atoms with Gasteiger partial charge in [0.2, 0.25) is 0 Å². The molecule has 0 radical (unpaired) electrons. The highest BCUT2D eigenvalue weighted by Crippen LogP contribution is 2.20. The van der Waals surface area contributed by atoms with E-state index in [1.807, 2.05) is 0 Å². The van der Waals surface area contributed by atoms with E-state index in [9.17, 15) is 4.79 Å². The fraction of sp³-hybridized carbons (Fsp3) is 0.444. The van der Waals surface area contributed by atoms with Gasteiger partial charge < -0.3 is 14.6 Å². The zero-order valence-electron chi connectivity index (χ0n) is 6.92. The van der Waals surface area contributed by atoms with Crippen molar-refractivity contribution in [3.05, 3.63) is 24.3 Å². The number of esters is 1. The van der Waals surface area contributed by atoms with Crippen LogP contribution in [0.25, 0.3) is 0 Å². The van der Waals surface area contributed by atoms with Crippen LogP contribution in [0.15, 0.2) is 24.3 Å². The molecule has 70 valence electrons. The molecule has 0 unspecified atom stereocenters. The molecule has 3 atom stereocenters. The van der Waals surface area contributed by atoms with Crippen molar-refractivity contribution in [3.8, 4) is 0 Å². The van der Waals surface area contributed by atoms with Gasteiger partial charge >= 0.3 is 5.97 Å². The number of rotatable bonds is 1. The van der Waals surface area contributed by atoms with E-state index in [2.05, 4.69) is 0 Å². The van der Waals surface area contributed by atoms with Crippen molar-refractivity contribution in [2.75, 3.05) is 6.61 Å². The molecule has 1 N–H and O–H groups in total. The van der Waals surface area contributed by atoms with Crippen molar-refractivity contribution in [2.24, 2.45) is 0 Å². The number of ether oxygens (including phenoxy) is 2. The molecule has 0 saturated carbocycles. The average Bonchev–Trinajstić information content (AvgIpc) is 2.17. The number of fused-ring (bicyclic) bond motifs is 1. The Bertz CT molecular complexity index is 269. The minimum absolute atomic E-state index is 0.0541. The largest absolute Gasteiger partial charge is 0.452 e. The predicted molar refractivity (Wildman–Crippen MR) is 43.9 cm³/mol. The lowest BCUT2D eigenvalue weighted by molar-refractivity contribution is -0.151. The van der Waals surface area contributed by atoms with Gasteiger partial charge in [-0.1, -0.05) is 6.08 Å². The summed E-state index contributed by atoms with van der Waals surface area (Å²) in [5, 5.41) is 8.83. The Morgan fingerprint density at radius 2 is 2.15 bits per heavy atom. The van der Waals surface area contributed by atoms with Crippen LogP contribution in [0.3, 0.4) is 0 Å². The first-order valence-corrected chi connectivity index (χ1v) is 4.13. The van der Waals surface area contributed by atoms with E-state index in [1.54, 1.807) is 18.2 Å². The number of carbonyl (C=O) groups excluding carboxylic acids is 1. The Hall–Kier alpha value is -1.13. The van der Waals surface area contributed by atoms with E-state index in [0.717, 1.165) is 0 Å². The number of aliphatic hydroxyl groups is 1. The summed E-state index contributed by atoms with van der Waals surface area (Å²) in [4.78, 5) is 10.8. The Balaban J connectivity index is 2.12. The third kappa shape index (κ3) is 1.64. The molecule has 0 aromatic carbocycles. The van der Waals surface area contributed by atoms with Gasteiger partial charge in [0, 0.05) is 6.08 Å². The summed E-state index contributed by atoms with van der Waals surface area (Å²) >= 11 is 0. The topological polar surface area (TPSA) is 55.8 Å². The van der Waals surface area contributed by atoms with Gasteiger partial charge in [0.15, 0.2) is 6.10 Å². The molecular formula is C9H10O4. The van der Waals surface area contributed by atoms with Gasteiger partial charge in [-0.3, -0.25) is 0 Å². The molecule has 13 heavy (non-hydrogen) atoms. The van der Waals surface area contributed by atoms with Crippen LogP contribution in [-0.4, -0.2) is 36.0 Å². The van der Waals surface area contributed by atoms with Gasteiger partial charge in [-0.25, -0.2) is 4.79 Å². The minimum atomic E-state index is -0.350. The summed E-state index contributed by atoms with van der Waals surface area (Å²) in [6, 6.07) is 0. The molecule has 0 bridgehead atoms. The van der Waals surface area contributed by atoms with Crippen LogP contribution < -0.4 is 0 Å². The quantitative estimate of drug-likeness (QED) is 0.450. The smallest absolute Gasteiger partial charge is 0.331 e. The molecule has 0 aliphatic carbocycles. The highest BCUT2D eigenvalue weighted by atomic mass is 16.6. The van der Waals surface area contributed by atoms with Crippen LogP contribution in [0.1, 0.15) is 0 Å². The Labute approximate surface area is 75.5 Å². The van der Waals surface area contributed by atoms with Crippen LogP contribution >= 0.6 is 0 Å². The van der Waals surface area contributed by atoms with Gasteiger partial charge in [-0.15, -0.1) is 0 Å². The lowest BCUT2D eigenvalue weighted by Gasteiger charge is -2.31. The van der Waals surface area contributed by atoms with E-state index in [1.165, 1.54) is 6.08 Å². The van der Waals surface area contributed by atoms with Crippen molar-refractivity contribution in [1.82, 2.24) is 0 Å². The highest BCUT2D eigenvalue weighted by Gasteiger charge is 2.30. The lowest BCUT2D eigenvalue weighted by atomic mass is 10.1. The molecule has 2 aliphatic rings. The highest BCUT2D eigenvalue weighted by molar-refractivity contribution is 5.83. The van der Waals surface area contributed by atoms with Crippen molar-refractivity contribution < 1.29 is 19.4 Å². The van der Waals surface area contributed by atoms with E-state index < -0.39 is 0 Å². The zero-order valence-corrected chi connectivity index (χ0v) is 6.92. The van der Waals surface area contributed by atoms with Gasteiger partial charge in [-0.05, 0) is 12.2 Å². The third-order valence-electron chi connectivity index (χ3n) is 2.03. The van der Waals surface area contributed by atoms with Crippen LogP contribution in [0.4, 0.5) is 0 Å². The predicted octanol–water partition coefficient (Wildman–Crippen LogP) is -0.216. The fourth-order valence-corrected chi connectivity index (χ4v) is 1.38. The molecule has 2 heterocycles. The molecule has 0 spiro atoms. The molecular weight excluding hydrogens is 172 g/mol. The summed E-state index contributed by atoms with van der Waals surface area (Å²) in [7, 11) is 0. The Morgan fingerprint density at radius 1 is 1.31 bits per heavy atom. The first-order chi connectivity index (χ1) is 6.29. The Morgan fingerprint density at radius 3 is 2.92 bits per heavy atom. The molecule has 4 heteroatoms. The SMILES string of the molecule is O=C1C=C[C@H]2O[C@H](CO)C=C[C@H]2O1. The molecule has 0 saturated heterocycles. The number of hydrogen-bond donors (Lipinski definition) is 1. The monoisotopic (exact) mass is 182 g/mol. The van der Waals surface area contributed by atoms with Gasteiger partial charge in [0.1, 0.15) is 6.10 Å². The van der Waals surface area contributed by atoms with Crippen molar-refractivity contribution >= 4 is 5.97 Å². The zero-order chi connectivity index (χ0) is 9.26. The average molecular weight is 182 g/mol. The molecule has 2 rings (SSSR count). The summed E-state index contributed by atoms with van der Waals surface area (Å²) < 4.78 is 10.4. The van der Waals surface area contributed by atoms with Gasteiger partial charge in [0.05, 0.1) is 12.7 Å². The second-order valence-electron chi connectivity index (χ2n) is 2.97. The molecule has 2 aliphatic heterocycles. The summed E-state index contributed by atoms with van der Waals surface area (Å²) in [5.41, 5.74) is 0. The Kier molecular flexibility index (Phi) is 2.16. The summed E-state index contributed by atoms with van der Waals surface area (Å²) in [5.74, 6) is -0.350. The van der Waals surface area contributed by atoms with Gasteiger partial charge in [-0.2, -0.15) is 0 Å². The minimum Gasteiger partial charge on any atom is -0.452 e. The molecule has 0 fully saturated rings. The fourth-order valence-electron chi connectivity index (χ4n) is 1.38. The molecule has 4 nitrogen and oxygen atoms in total. The van der Waals surface area contributed by atoms with Gasteiger partial charge in [0.25, 0.3) is 0 Å². The number of aliphatic hydroxyl groups excluding tert-OH is 1. The third-order valence-corrected chi connectivity index (χ3v) is 2.03. The van der Waals surface area contributed by atoms with Crippen LogP contribution in [0, 0.1) is 0 Å². The van der Waals surface area contributed by atoms with Crippen LogP contribution in [0.2, 0.25) is 0 Å². The van der Waals surface area contributed by atoms with Crippen LogP contribution in [-0.2, 0) is 14.3 Å². The first kappa shape index (κ1) is 8.47. The van der Waals surface area contributed by atoms with E-state index in [4.69, 9.17) is 14.6 Å². The summed E-state index contributed by atoms with van der Waals surface area (Å²) in [6.45, 7) is -0.0541. The summed E-state index contributed by atoms with van der Waals surface area (Å²) in [6.07, 6.45) is 5.57. The van der Waals surface area contributed by atoms with E-state index >= 15 is 0 Å². The maximum Gasteiger partial charge on any atom is 0.331 e. The van der Waals surface area contributed by atoms with E-state index in [-0.39, 0.29) is 30.9 Å². The second-order valence-corrected chi connectivity index (χ2v) is 2.97. The molecule has 0 aromatic heterocycles. The van der Waals surface area contributed by atoms with Crippen molar-refractivity contribution in [1.29, 1.82) is 0 Å². The van der Waals surface area contributed by atoms with Crippen molar-refractivity contribution in [2.45, 2.75) is 18.3 Å². The van der Waals surface area contributed by atoms with Crippen LogP contribution in [0.5, 0.6) is 0 Å². The normalized spacial score (nSPS) is 37.0. The number of hydrogen-bond acceptors (Lipinski definition) is 4. The number of carbonyl (C=O) groups is 1. The molecule has 0 amide bonds. The first-order valence-electron chi connectivity index (χ1n) is 4.13. The molecule has 0 aromatic rings. The van der Waals surface area contributed by atoms with Crippen molar-refractivity contribution in [3.63, 3.8) is 0 Å². The maximum atomic E-state index is 10.8. The maximum absolute atomic E-state index is 10.8. The van der Waals surface area contributed by atoms with E-state index in [0.29, 0.717) is 0 Å².